The Labute approximate surface area is 223 Å². The lowest BCUT2D eigenvalue weighted by atomic mass is 10.1. The lowest BCUT2D eigenvalue weighted by Crippen LogP contribution is -2.52. The van der Waals surface area contributed by atoms with E-state index >= 15 is 0 Å². The van der Waals surface area contributed by atoms with Gasteiger partial charge in [-0.1, -0.05) is 44.0 Å². The van der Waals surface area contributed by atoms with Gasteiger partial charge in [-0.3, -0.25) is 13.9 Å². The van der Waals surface area contributed by atoms with E-state index in [9.17, 15) is 18.0 Å². The first-order chi connectivity index (χ1) is 17.6. The van der Waals surface area contributed by atoms with Crippen LogP contribution in [0.15, 0.2) is 42.5 Å². The van der Waals surface area contributed by atoms with Crippen LogP contribution in [0.3, 0.4) is 0 Å². The Morgan fingerprint density at radius 1 is 1.05 bits per heavy atom. The molecule has 0 fully saturated rings. The van der Waals surface area contributed by atoms with E-state index in [2.05, 4.69) is 5.32 Å². The number of carbonyl (C=O) groups is 2. The molecule has 1 aliphatic heterocycles. The molecule has 11 heteroatoms. The molecule has 0 aromatic heterocycles. The zero-order valence-corrected chi connectivity index (χ0v) is 23.0. The van der Waals surface area contributed by atoms with Crippen molar-refractivity contribution in [2.75, 3.05) is 36.9 Å². The van der Waals surface area contributed by atoms with E-state index in [0.717, 1.165) is 29.0 Å². The van der Waals surface area contributed by atoms with Gasteiger partial charge in [-0.2, -0.15) is 0 Å². The number of carbonyl (C=O) groups excluding carboxylic acids is 2. The third-order valence-electron chi connectivity index (χ3n) is 5.97. The highest BCUT2D eigenvalue weighted by atomic mass is 35.5. The lowest BCUT2D eigenvalue weighted by Gasteiger charge is -2.33. The first-order valence-electron chi connectivity index (χ1n) is 12.3. The maximum atomic E-state index is 13.7. The highest BCUT2D eigenvalue weighted by Gasteiger charge is 2.32. The van der Waals surface area contributed by atoms with Gasteiger partial charge < -0.3 is 19.7 Å². The number of hydrogen-bond donors (Lipinski definition) is 1. The van der Waals surface area contributed by atoms with Crippen molar-refractivity contribution in [3.05, 3.63) is 53.1 Å². The number of sulfonamides is 1. The summed E-state index contributed by atoms with van der Waals surface area (Å²) in [6, 6.07) is 10.9. The predicted molar refractivity (Wildman–Crippen MR) is 144 cm³/mol. The topological polar surface area (TPSA) is 105 Å². The second kappa shape index (κ2) is 13.0. The third kappa shape index (κ3) is 7.75. The van der Waals surface area contributed by atoms with Crippen LogP contribution < -0.4 is 19.1 Å². The number of anilines is 1. The van der Waals surface area contributed by atoms with Crippen LogP contribution in [0, 0.1) is 0 Å². The quantitative estimate of drug-likeness (QED) is 0.404. The first-order valence-corrected chi connectivity index (χ1v) is 14.6. The summed E-state index contributed by atoms with van der Waals surface area (Å²) in [5.74, 6) is 0.134. The molecule has 0 bridgehead atoms. The maximum Gasteiger partial charge on any atom is 0.244 e. The molecular weight excluding hydrogens is 518 g/mol. The summed E-state index contributed by atoms with van der Waals surface area (Å²) in [6.45, 7) is 4.73. The van der Waals surface area contributed by atoms with Gasteiger partial charge in [-0.05, 0) is 42.7 Å². The second-order valence-corrected chi connectivity index (χ2v) is 11.2. The number of hydrogen-bond acceptors (Lipinski definition) is 6. The monoisotopic (exact) mass is 551 g/mol. The fourth-order valence-electron chi connectivity index (χ4n) is 4.01. The van der Waals surface area contributed by atoms with Gasteiger partial charge >= 0.3 is 0 Å². The Morgan fingerprint density at radius 2 is 1.73 bits per heavy atom. The van der Waals surface area contributed by atoms with Crippen LogP contribution in [-0.4, -0.2) is 63.7 Å². The first kappa shape index (κ1) is 28.6. The molecule has 1 atom stereocenters. The highest BCUT2D eigenvalue weighted by Crippen LogP contribution is 2.34. The maximum absolute atomic E-state index is 13.7. The predicted octanol–water partition coefficient (Wildman–Crippen LogP) is 3.60. The summed E-state index contributed by atoms with van der Waals surface area (Å²) in [7, 11) is -3.85. The van der Waals surface area contributed by atoms with E-state index in [1.807, 2.05) is 13.8 Å². The van der Waals surface area contributed by atoms with E-state index < -0.39 is 28.5 Å². The Balaban J connectivity index is 1.92. The smallest absolute Gasteiger partial charge is 0.244 e. The number of halogens is 1. The van der Waals surface area contributed by atoms with Crippen molar-refractivity contribution in [2.24, 2.45) is 0 Å². The molecular formula is C26H34ClN3O6S. The van der Waals surface area contributed by atoms with E-state index in [4.69, 9.17) is 21.1 Å². The molecule has 1 aliphatic rings. The zero-order valence-electron chi connectivity index (χ0n) is 21.4. The van der Waals surface area contributed by atoms with Crippen molar-refractivity contribution in [3.63, 3.8) is 0 Å². The SMILES string of the molecule is CCCCNC(=O)[C@H](CC)N(Cc1ccc(Cl)cc1)C(=O)CN(c1ccc2c(c1)OCCO2)S(C)(=O)=O. The number of benzene rings is 2. The number of nitrogens with one attached hydrogen (secondary N) is 1. The molecule has 2 aromatic carbocycles. The molecule has 1 N–H and O–H groups in total. The van der Waals surface area contributed by atoms with Crippen LogP contribution in [0.4, 0.5) is 5.69 Å². The number of ether oxygens (including phenoxy) is 2. The van der Waals surface area contributed by atoms with Crippen LogP contribution in [0.25, 0.3) is 0 Å². The largest absolute Gasteiger partial charge is 0.486 e. The Bertz CT molecular complexity index is 1190. The zero-order chi connectivity index (χ0) is 27.0. The minimum Gasteiger partial charge on any atom is -0.486 e. The number of rotatable bonds is 12. The van der Waals surface area contributed by atoms with Gasteiger partial charge in [0.05, 0.1) is 11.9 Å². The molecule has 2 amide bonds. The van der Waals surface area contributed by atoms with Gasteiger partial charge in [0, 0.05) is 24.2 Å². The van der Waals surface area contributed by atoms with E-state index in [0.29, 0.717) is 42.7 Å². The molecule has 0 saturated heterocycles. The standard InChI is InChI=1S/C26H34ClN3O6S/c1-4-6-13-28-26(32)22(5-2)29(17-19-7-9-20(27)10-8-19)25(31)18-30(37(3,33)34)21-11-12-23-24(16-21)36-15-14-35-23/h7-12,16,22H,4-6,13-15,17-18H2,1-3H3,(H,28,32)/t22-/m0/s1. The fourth-order valence-corrected chi connectivity index (χ4v) is 4.98. The van der Waals surface area contributed by atoms with Crippen molar-refractivity contribution in [3.8, 4) is 11.5 Å². The minimum atomic E-state index is -3.85. The second-order valence-electron chi connectivity index (χ2n) is 8.81. The number of unbranched alkanes of at least 4 members (excludes halogenated alkanes) is 1. The molecule has 37 heavy (non-hydrogen) atoms. The van der Waals surface area contributed by atoms with Crippen LogP contribution in [0.1, 0.15) is 38.7 Å². The molecule has 0 spiro atoms. The molecule has 202 valence electrons. The van der Waals surface area contributed by atoms with Crippen molar-refractivity contribution in [2.45, 2.75) is 45.7 Å². The summed E-state index contributed by atoms with van der Waals surface area (Å²) in [5, 5.41) is 3.45. The molecule has 1 heterocycles. The normalized spacial score (nSPS) is 13.5. The van der Waals surface area contributed by atoms with Gasteiger partial charge in [0.2, 0.25) is 21.8 Å². The van der Waals surface area contributed by atoms with Crippen LogP contribution in [-0.2, 0) is 26.2 Å². The van der Waals surface area contributed by atoms with E-state index in [1.54, 1.807) is 42.5 Å². The van der Waals surface area contributed by atoms with Gasteiger partial charge in [-0.15, -0.1) is 0 Å². The van der Waals surface area contributed by atoms with Crippen LogP contribution in [0.5, 0.6) is 11.5 Å². The molecule has 3 rings (SSSR count). The lowest BCUT2D eigenvalue weighted by molar-refractivity contribution is -0.140. The van der Waals surface area contributed by atoms with Crippen molar-refractivity contribution < 1.29 is 27.5 Å². The average molecular weight is 552 g/mol. The van der Waals surface area contributed by atoms with Crippen LogP contribution in [0.2, 0.25) is 5.02 Å². The summed E-state index contributed by atoms with van der Waals surface area (Å²) in [4.78, 5) is 28.2. The van der Waals surface area contributed by atoms with Gasteiger partial charge in [0.1, 0.15) is 25.8 Å². The van der Waals surface area contributed by atoms with Crippen molar-refractivity contribution in [1.82, 2.24) is 10.2 Å². The van der Waals surface area contributed by atoms with E-state index in [-0.39, 0.29) is 18.1 Å². The molecule has 0 unspecified atom stereocenters. The number of fused-ring (bicyclic) bond motifs is 1. The van der Waals surface area contributed by atoms with Gasteiger partial charge in [0.25, 0.3) is 0 Å². The average Bonchev–Trinajstić information content (AvgIpc) is 2.87. The van der Waals surface area contributed by atoms with Crippen molar-refractivity contribution in [1.29, 1.82) is 0 Å². The Hall–Kier alpha value is -2.98. The molecule has 0 saturated carbocycles. The molecule has 2 aromatic rings. The van der Waals surface area contributed by atoms with Crippen molar-refractivity contribution >= 4 is 39.1 Å². The Kier molecular flexibility index (Phi) is 10.0. The molecule has 0 aliphatic carbocycles. The van der Waals surface area contributed by atoms with E-state index in [1.165, 1.54) is 4.90 Å². The Morgan fingerprint density at radius 3 is 2.35 bits per heavy atom. The van der Waals surface area contributed by atoms with Gasteiger partial charge in [-0.25, -0.2) is 8.42 Å². The molecule has 9 nitrogen and oxygen atoms in total. The van der Waals surface area contributed by atoms with Crippen LogP contribution >= 0.6 is 11.6 Å². The fraction of sp³-hybridized carbons (Fsp3) is 0.462. The summed E-state index contributed by atoms with van der Waals surface area (Å²) in [6.07, 6.45) is 3.14. The van der Waals surface area contributed by atoms with Gasteiger partial charge in [0.15, 0.2) is 11.5 Å². The third-order valence-corrected chi connectivity index (χ3v) is 7.37. The summed E-state index contributed by atoms with van der Waals surface area (Å²) in [5.41, 5.74) is 1.04. The minimum absolute atomic E-state index is 0.119. The molecule has 0 radical (unpaired) electrons. The number of nitrogens with zero attached hydrogens (tertiary/aromatic N) is 2. The number of amides is 2. The highest BCUT2D eigenvalue weighted by molar-refractivity contribution is 7.92. The summed E-state index contributed by atoms with van der Waals surface area (Å²) < 4.78 is 37.7. The summed E-state index contributed by atoms with van der Waals surface area (Å²) >= 11 is 6.02.